The molecule has 17 heavy (non-hydrogen) atoms. The van der Waals surface area contributed by atoms with Crippen LogP contribution in [0, 0.1) is 11.8 Å². The molecule has 0 aliphatic heterocycles. The molecule has 0 saturated heterocycles. The van der Waals surface area contributed by atoms with E-state index in [1.165, 1.54) is 0 Å². The molecule has 0 aliphatic carbocycles. The highest BCUT2D eigenvalue weighted by Gasteiger charge is 2.08. The first-order valence-corrected chi connectivity index (χ1v) is 6.06. The van der Waals surface area contributed by atoms with Gasteiger partial charge in [0.15, 0.2) is 0 Å². The van der Waals surface area contributed by atoms with Crippen molar-refractivity contribution < 1.29 is 19.3 Å². The smallest absolute Gasteiger partial charge is 0.328 e. The summed E-state index contributed by atoms with van der Waals surface area (Å²) in [7, 11) is 0. The Bertz CT molecular complexity index is 215. The first-order valence-electron chi connectivity index (χ1n) is 6.06. The van der Waals surface area contributed by atoms with Gasteiger partial charge in [0.1, 0.15) is 0 Å². The van der Waals surface area contributed by atoms with Crippen molar-refractivity contribution in [3.05, 3.63) is 0 Å². The minimum absolute atomic E-state index is 0.314. The predicted molar refractivity (Wildman–Crippen MR) is 63.5 cm³/mol. The molecule has 0 bridgehead atoms. The van der Waals surface area contributed by atoms with E-state index in [0.717, 1.165) is 12.8 Å². The van der Waals surface area contributed by atoms with Crippen LogP contribution in [0.3, 0.4) is 0 Å². The van der Waals surface area contributed by atoms with E-state index in [-0.39, 0.29) is 0 Å². The Balaban J connectivity index is 3.49. The Labute approximate surface area is 103 Å². The van der Waals surface area contributed by atoms with E-state index >= 15 is 0 Å². The Morgan fingerprint density at radius 1 is 0.882 bits per heavy atom. The monoisotopic (exact) mass is 245 g/mol. The molecule has 0 spiro atoms. The Morgan fingerprint density at radius 2 is 1.24 bits per heavy atom. The summed E-state index contributed by atoms with van der Waals surface area (Å²) in [6.07, 6.45) is 2.13. The zero-order valence-electron chi connectivity index (χ0n) is 11.1. The van der Waals surface area contributed by atoms with E-state index in [1.54, 1.807) is 0 Å². The van der Waals surface area contributed by atoms with Gasteiger partial charge in [-0.2, -0.15) is 0 Å². The molecular formula is C12H23NO4. The van der Waals surface area contributed by atoms with Gasteiger partial charge in [-0.3, -0.25) is 9.59 Å². The fourth-order valence-corrected chi connectivity index (χ4v) is 1.03. The minimum Gasteiger partial charge on any atom is -0.336 e. The highest BCUT2D eigenvalue weighted by molar-refractivity contribution is 5.70. The van der Waals surface area contributed by atoms with E-state index in [2.05, 4.69) is 9.68 Å². The molecule has 0 rings (SSSR count). The van der Waals surface area contributed by atoms with Crippen LogP contribution in [-0.2, 0) is 19.3 Å². The molecule has 5 nitrogen and oxygen atoms in total. The van der Waals surface area contributed by atoms with Crippen LogP contribution in [0.5, 0.6) is 0 Å². The maximum atomic E-state index is 11.1. The van der Waals surface area contributed by atoms with Gasteiger partial charge in [-0.15, -0.1) is 0 Å². The average Bonchev–Trinajstić information content (AvgIpc) is 2.23. The highest BCUT2D eigenvalue weighted by atomic mass is 16.9. The summed E-state index contributed by atoms with van der Waals surface area (Å²) in [6.45, 7) is 8.08. The topological polar surface area (TPSA) is 64.6 Å². The fraction of sp³-hybridized carbons (Fsp3) is 0.833. The van der Waals surface area contributed by atoms with Crippen LogP contribution in [0.2, 0.25) is 0 Å². The van der Waals surface area contributed by atoms with Crippen LogP contribution in [0.25, 0.3) is 0 Å². The lowest BCUT2D eigenvalue weighted by atomic mass is 10.1. The van der Waals surface area contributed by atoms with Crippen LogP contribution in [0.15, 0.2) is 0 Å². The molecule has 1 N–H and O–H groups in total. The molecule has 0 aliphatic rings. The molecule has 0 amide bonds. The van der Waals surface area contributed by atoms with Gasteiger partial charge in [0.2, 0.25) is 0 Å². The van der Waals surface area contributed by atoms with Gasteiger partial charge in [-0.1, -0.05) is 27.7 Å². The van der Waals surface area contributed by atoms with Crippen molar-refractivity contribution in [3.8, 4) is 0 Å². The molecule has 0 fully saturated rings. The van der Waals surface area contributed by atoms with Crippen molar-refractivity contribution in [1.29, 1.82) is 0 Å². The largest absolute Gasteiger partial charge is 0.336 e. The van der Waals surface area contributed by atoms with E-state index < -0.39 is 11.9 Å². The second-order valence-electron chi connectivity index (χ2n) is 4.90. The second-order valence-corrected chi connectivity index (χ2v) is 4.90. The summed E-state index contributed by atoms with van der Waals surface area (Å²) in [5.41, 5.74) is 1.93. The lowest BCUT2D eigenvalue weighted by molar-refractivity contribution is -0.198. The molecular weight excluding hydrogens is 222 g/mol. The normalized spacial score (nSPS) is 10.7. The summed E-state index contributed by atoms with van der Waals surface area (Å²) < 4.78 is 0. The quantitative estimate of drug-likeness (QED) is 0.665. The first-order chi connectivity index (χ1) is 7.91. The second kappa shape index (κ2) is 8.98. The van der Waals surface area contributed by atoms with Gasteiger partial charge >= 0.3 is 11.9 Å². The van der Waals surface area contributed by atoms with E-state index in [9.17, 15) is 9.59 Å². The molecule has 0 aromatic rings. The summed E-state index contributed by atoms with van der Waals surface area (Å²) in [6, 6.07) is 0. The lowest BCUT2D eigenvalue weighted by Gasteiger charge is -2.07. The Kier molecular flexibility index (Phi) is 8.40. The number of rotatable bonds is 8. The van der Waals surface area contributed by atoms with Crippen LogP contribution >= 0.6 is 0 Å². The third kappa shape index (κ3) is 11.2. The zero-order chi connectivity index (χ0) is 13.3. The zero-order valence-corrected chi connectivity index (χ0v) is 11.1. The van der Waals surface area contributed by atoms with Crippen LogP contribution in [0.1, 0.15) is 53.4 Å². The molecule has 0 radical (unpaired) electrons. The van der Waals surface area contributed by atoms with Crippen molar-refractivity contribution in [2.45, 2.75) is 53.4 Å². The lowest BCUT2D eigenvalue weighted by Crippen LogP contribution is -2.24. The molecule has 0 unspecified atom stereocenters. The summed E-state index contributed by atoms with van der Waals surface area (Å²) in [4.78, 5) is 31.3. The van der Waals surface area contributed by atoms with Gasteiger partial charge in [-0.05, 0) is 24.7 Å². The standard InChI is InChI=1S/C12H23NO4/c1-9(2)5-7-11(14)16-13-17-12(15)8-6-10(3)4/h9-10,13H,5-8H2,1-4H3. The van der Waals surface area contributed by atoms with E-state index in [4.69, 9.17) is 0 Å². The maximum absolute atomic E-state index is 11.1. The first kappa shape index (κ1) is 15.9. The molecule has 0 aromatic heterocycles. The SMILES string of the molecule is CC(C)CCC(=O)ONOC(=O)CCC(C)C. The van der Waals surface area contributed by atoms with E-state index in [1.807, 2.05) is 33.3 Å². The Morgan fingerprint density at radius 3 is 1.53 bits per heavy atom. The van der Waals surface area contributed by atoms with E-state index in [0.29, 0.717) is 24.7 Å². The Hall–Kier alpha value is -1.10. The maximum Gasteiger partial charge on any atom is 0.328 e. The van der Waals surface area contributed by atoms with Crippen LogP contribution in [-0.4, -0.2) is 11.9 Å². The van der Waals surface area contributed by atoms with Crippen LogP contribution < -0.4 is 5.64 Å². The molecule has 0 aromatic carbocycles. The van der Waals surface area contributed by atoms with Gasteiger partial charge < -0.3 is 9.68 Å². The van der Waals surface area contributed by atoms with Gasteiger partial charge in [0.25, 0.3) is 0 Å². The van der Waals surface area contributed by atoms with Crippen molar-refractivity contribution >= 4 is 11.9 Å². The predicted octanol–water partition coefficient (Wildman–Crippen LogP) is 2.36. The number of carbonyl (C=O) groups is 2. The molecule has 100 valence electrons. The third-order valence-corrected chi connectivity index (χ3v) is 2.16. The fourth-order valence-electron chi connectivity index (χ4n) is 1.03. The summed E-state index contributed by atoms with van der Waals surface area (Å²) in [5.74, 6) is 0.0398. The molecule has 0 heterocycles. The number of carbonyl (C=O) groups excluding carboxylic acids is 2. The van der Waals surface area contributed by atoms with Crippen molar-refractivity contribution in [3.63, 3.8) is 0 Å². The summed E-state index contributed by atoms with van der Waals surface area (Å²) in [5, 5.41) is 0. The summed E-state index contributed by atoms with van der Waals surface area (Å²) >= 11 is 0. The average molecular weight is 245 g/mol. The number of nitrogens with one attached hydrogen (secondary N) is 1. The number of hydrogen-bond acceptors (Lipinski definition) is 5. The molecule has 0 atom stereocenters. The van der Waals surface area contributed by atoms with Crippen molar-refractivity contribution in [2.24, 2.45) is 11.8 Å². The van der Waals surface area contributed by atoms with Crippen LogP contribution in [0.4, 0.5) is 0 Å². The molecule has 5 heteroatoms. The van der Waals surface area contributed by atoms with Crippen molar-refractivity contribution in [2.75, 3.05) is 0 Å². The van der Waals surface area contributed by atoms with Crippen molar-refractivity contribution in [1.82, 2.24) is 5.64 Å². The van der Waals surface area contributed by atoms with Gasteiger partial charge in [-0.25, -0.2) is 0 Å². The molecule has 0 saturated carbocycles. The number of hydrogen-bond donors (Lipinski definition) is 1. The third-order valence-electron chi connectivity index (χ3n) is 2.16. The van der Waals surface area contributed by atoms with Gasteiger partial charge in [0.05, 0.1) is 0 Å². The van der Waals surface area contributed by atoms with Gasteiger partial charge in [0, 0.05) is 18.5 Å². The highest BCUT2D eigenvalue weighted by Crippen LogP contribution is 2.05. The minimum atomic E-state index is -0.421.